The maximum atomic E-state index is 10.6. The van der Waals surface area contributed by atoms with Crippen molar-refractivity contribution in [3.05, 3.63) is 16.3 Å². The fourth-order valence-electron chi connectivity index (χ4n) is 2.25. The van der Waals surface area contributed by atoms with Gasteiger partial charge >= 0.3 is 0 Å². The van der Waals surface area contributed by atoms with Gasteiger partial charge in [0, 0.05) is 23.7 Å². The van der Waals surface area contributed by atoms with Gasteiger partial charge in [-0.15, -0.1) is 11.3 Å². The van der Waals surface area contributed by atoms with Gasteiger partial charge in [0.05, 0.1) is 4.88 Å². The Bertz CT molecular complexity index is 347. The summed E-state index contributed by atoms with van der Waals surface area (Å²) in [5.74, 6) is 0.748. The highest BCUT2D eigenvalue weighted by atomic mass is 32.1. The van der Waals surface area contributed by atoms with E-state index in [0.29, 0.717) is 6.04 Å². The first kappa shape index (κ1) is 10.7. The molecule has 0 saturated carbocycles. The average Bonchev–Trinajstić information content (AvgIpc) is 2.70. The van der Waals surface area contributed by atoms with Gasteiger partial charge in [0.1, 0.15) is 0 Å². The van der Waals surface area contributed by atoms with E-state index >= 15 is 0 Å². The summed E-state index contributed by atoms with van der Waals surface area (Å²) in [6, 6.07) is 2.60. The number of nitrogens with zero attached hydrogens (tertiary/aromatic N) is 1. The van der Waals surface area contributed by atoms with Crippen molar-refractivity contribution in [3.63, 3.8) is 0 Å². The fraction of sp³-hybridized carbons (Fsp3) is 0.583. The average molecular weight is 223 g/mol. The molecule has 3 heteroatoms. The third-order valence-corrected chi connectivity index (χ3v) is 4.27. The molecule has 2 rings (SSSR count). The number of rotatable bonds is 2. The van der Waals surface area contributed by atoms with Gasteiger partial charge in [0.25, 0.3) is 0 Å². The van der Waals surface area contributed by atoms with Gasteiger partial charge in [-0.1, -0.05) is 6.92 Å². The molecule has 0 radical (unpaired) electrons. The van der Waals surface area contributed by atoms with Gasteiger partial charge < -0.3 is 4.90 Å². The largest absolute Gasteiger partial charge is 0.368 e. The van der Waals surface area contributed by atoms with Gasteiger partial charge in [-0.25, -0.2) is 0 Å². The standard InChI is InChI=1S/C12H17NOS/c1-9-4-3-5-13(10(9)2)11-6-12(7-14)15-8-11/h6-10H,3-5H2,1-2H3. The topological polar surface area (TPSA) is 20.3 Å². The Morgan fingerprint density at radius 3 is 3.00 bits per heavy atom. The molecule has 0 aliphatic carbocycles. The number of anilines is 1. The molecule has 2 unspecified atom stereocenters. The number of thiophene rings is 1. The van der Waals surface area contributed by atoms with Crippen LogP contribution in [-0.2, 0) is 0 Å². The first-order chi connectivity index (χ1) is 7.22. The molecule has 2 atom stereocenters. The Morgan fingerprint density at radius 2 is 2.33 bits per heavy atom. The van der Waals surface area contributed by atoms with Gasteiger partial charge in [-0.3, -0.25) is 4.79 Å². The fourth-order valence-corrected chi connectivity index (χ4v) is 2.96. The van der Waals surface area contributed by atoms with Gasteiger partial charge in [0.15, 0.2) is 6.29 Å². The maximum absolute atomic E-state index is 10.6. The van der Waals surface area contributed by atoms with E-state index in [9.17, 15) is 4.79 Å². The maximum Gasteiger partial charge on any atom is 0.160 e. The first-order valence-electron chi connectivity index (χ1n) is 5.52. The molecular formula is C12H17NOS. The SMILES string of the molecule is CC1CCCN(c2csc(C=O)c2)C1C. The van der Waals surface area contributed by atoms with E-state index in [4.69, 9.17) is 0 Å². The highest BCUT2D eigenvalue weighted by molar-refractivity contribution is 7.12. The summed E-state index contributed by atoms with van der Waals surface area (Å²) in [7, 11) is 0. The zero-order valence-electron chi connectivity index (χ0n) is 9.27. The van der Waals surface area contributed by atoms with Gasteiger partial charge in [0.2, 0.25) is 0 Å². The zero-order chi connectivity index (χ0) is 10.8. The predicted octanol–water partition coefficient (Wildman–Crippen LogP) is 3.19. The van der Waals surface area contributed by atoms with Crippen molar-refractivity contribution in [2.24, 2.45) is 5.92 Å². The van der Waals surface area contributed by atoms with Crippen molar-refractivity contribution >= 4 is 23.3 Å². The second kappa shape index (κ2) is 4.35. The van der Waals surface area contributed by atoms with E-state index in [1.807, 2.05) is 6.07 Å². The molecule has 1 saturated heterocycles. The summed E-state index contributed by atoms with van der Waals surface area (Å²) in [5, 5.41) is 2.10. The van der Waals surface area contributed by atoms with Crippen LogP contribution in [0.4, 0.5) is 5.69 Å². The highest BCUT2D eigenvalue weighted by Gasteiger charge is 2.25. The summed E-state index contributed by atoms with van der Waals surface area (Å²) < 4.78 is 0. The number of carbonyl (C=O) groups excluding carboxylic acids is 1. The van der Waals surface area contributed by atoms with Crippen LogP contribution in [0.2, 0.25) is 0 Å². The molecule has 1 aromatic heterocycles. The number of carbonyl (C=O) groups is 1. The smallest absolute Gasteiger partial charge is 0.160 e. The Hall–Kier alpha value is -0.830. The van der Waals surface area contributed by atoms with Gasteiger partial charge in [-0.2, -0.15) is 0 Å². The molecule has 0 amide bonds. The molecule has 1 aromatic rings. The van der Waals surface area contributed by atoms with E-state index in [-0.39, 0.29) is 0 Å². The molecule has 15 heavy (non-hydrogen) atoms. The lowest BCUT2D eigenvalue weighted by molar-refractivity contribution is 0.112. The van der Waals surface area contributed by atoms with Crippen LogP contribution >= 0.6 is 11.3 Å². The van der Waals surface area contributed by atoms with Crippen molar-refractivity contribution in [1.82, 2.24) is 0 Å². The molecule has 2 heterocycles. The lowest BCUT2D eigenvalue weighted by Crippen LogP contribution is -2.42. The molecule has 82 valence electrons. The van der Waals surface area contributed by atoms with E-state index in [0.717, 1.165) is 23.6 Å². The summed E-state index contributed by atoms with van der Waals surface area (Å²) in [6.07, 6.45) is 3.52. The van der Waals surface area contributed by atoms with Crippen LogP contribution in [0, 0.1) is 5.92 Å². The summed E-state index contributed by atoms with van der Waals surface area (Å²) >= 11 is 1.54. The minimum absolute atomic E-state index is 0.591. The minimum atomic E-state index is 0.591. The minimum Gasteiger partial charge on any atom is -0.368 e. The third-order valence-electron chi connectivity index (χ3n) is 3.43. The molecule has 1 fully saturated rings. The molecule has 0 N–H and O–H groups in total. The van der Waals surface area contributed by atoms with Crippen molar-refractivity contribution in [2.75, 3.05) is 11.4 Å². The Morgan fingerprint density at radius 1 is 1.53 bits per heavy atom. The Kier molecular flexibility index (Phi) is 3.10. The number of aldehydes is 1. The lowest BCUT2D eigenvalue weighted by Gasteiger charge is -2.39. The van der Waals surface area contributed by atoms with Gasteiger partial charge in [-0.05, 0) is 31.7 Å². The van der Waals surface area contributed by atoms with Crippen LogP contribution in [0.3, 0.4) is 0 Å². The second-order valence-corrected chi connectivity index (χ2v) is 5.32. The van der Waals surface area contributed by atoms with E-state index in [1.165, 1.54) is 29.9 Å². The van der Waals surface area contributed by atoms with Crippen molar-refractivity contribution < 1.29 is 4.79 Å². The molecule has 1 aliphatic rings. The van der Waals surface area contributed by atoms with Crippen LogP contribution in [0.15, 0.2) is 11.4 Å². The van der Waals surface area contributed by atoms with E-state index in [2.05, 4.69) is 24.1 Å². The first-order valence-corrected chi connectivity index (χ1v) is 6.40. The normalized spacial score (nSPS) is 26.7. The van der Waals surface area contributed by atoms with Crippen molar-refractivity contribution in [1.29, 1.82) is 0 Å². The number of hydrogen-bond acceptors (Lipinski definition) is 3. The van der Waals surface area contributed by atoms with Crippen LogP contribution < -0.4 is 4.90 Å². The predicted molar refractivity (Wildman–Crippen MR) is 64.9 cm³/mol. The Labute approximate surface area is 94.9 Å². The van der Waals surface area contributed by atoms with Crippen LogP contribution in [0.1, 0.15) is 36.4 Å². The summed E-state index contributed by atoms with van der Waals surface area (Å²) in [5.41, 5.74) is 1.22. The van der Waals surface area contributed by atoms with Crippen molar-refractivity contribution in [2.45, 2.75) is 32.7 Å². The Balaban J connectivity index is 2.18. The molecule has 2 nitrogen and oxygen atoms in total. The van der Waals surface area contributed by atoms with Crippen LogP contribution in [0.5, 0.6) is 0 Å². The quantitative estimate of drug-likeness (QED) is 0.718. The third kappa shape index (κ3) is 2.07. The number of hydrogen-bond donors (Lipinski definition) is 0. The van der Waals surface area contributed by atoms with Crippen LogP contribution in [-0.4, -0.2) is 18.9 Å². The van der Waals surface area contributed by atoms with E-state index in [1.54, 1.807) is 0 Å². The molecule has 0 spiro atoms. The molecular weight excluding hydrogens is 206 g/mol. The molecule has 0 aromatic carbocycles. The summed E-state index contributed by atoms with van der Waals surface area (Å²) in [6.45, 7) is 5.71. The molecule has 0 bridgehead atoms. The van der Waals surface area contributed by atoms with Crippen LogP contribution in [0.25, 0.3) is 0 Å². The zero-order valence-corrected chi connectivity index (χ0v) is 10.1. The highest BCUT2D eigenvalue weighted by Crippen LogP contribution is 2.30. The molecule has 1 aliphatic heterocycles. The lowest BCUT2D eigenvalue weighted by atomic mass is 9.92. The summed E-state index contributed by atoms with van der Waals surface area (Å²) in [4.78, 5) is 13.9. The van der Waals surface area contributed by atoms with Crippen molar-refractivity contribution in [3.8, 4) is 0 Å². The second-order valence-electron chi connectivity index (χ2n) is 4.38. The van der Waals surface area contributed by atoms with E-state index < -0.39 is 0 Å². The number of piperidine rings is 1. The monoisotopic (exact) mass is 223 g/mol.